The predicted molar refractivity (Wildman–Crippen MR) is 107 cm³/mol. The Bertz CT molecular complexity index is 868. The minimum Gasteiger partial charge on any atom is -0.495 e. The Morgan fingerprint density at radius 2 is 2.00 bits per heavy atom. The molecule has 5 nitrogen and oxygen atoms in total. The Morgan fingerprint density at radius 1 is 1.19 bits per heavy atom. The highest BCUT2D eigenvalue weighted by atomic mass is 32.2. The second-order valence-electron chi connectivity index (χ2n) is 6.65. The van der Waals surface area contributed by atoms with Gasteiger partial charge in [0.15, 0.2) is 11.5 Å². The van der Waals surface area contributed by atoms with Crippen molar-refractivity contribution in [3.8, 4) is 17.2 Å². The summed E-state index contributed by atoms with van der Waals surface area (Å²) in [6, 6.07) is 9.84. The molecule has 6 heteroatoms. The number of thioether (sulfide) groups is 1. The molecule has 0 bridgehead atoms. The summed E-state index contributed by atoms with van der Waals surface area (Å²) >= 11 is 1.52. The zero-order valence-corrected chi connectivity index (χ0v) is 16.4. The highest BCUT2D eigenvalue weighted by molar-refractivity contribution is 8.00. The monoisotopic (exact) mass is 385 g/mol. The zero-order valence-electron chi connectivity index (χ0n) is 15.6. The molecule has 0 fully saturated rings. The van der Waals surface area contributed by atoms with Crippen molar-refractivity contribution in [3.05, 3.63) is 41.5 Å². The van der Waals surface area contributed by atoms with Gasteiger partial charge in [0.2, 0.25) is 5.91 Å². The highest BCUT2D eigenvalue weighted by Crippen LogP contribution is 2.39. The van der Waals surface area contributed by atoms with Crippen LogP contribution in [0.5, 0.6) is 17.2 Å². The molecule has 0 aromatic heterocycles. The average molecular weight is 385 g/mol. The number of anilines is 1. The predicted octanol–water partition coefficient (Wildman–Crippen LogP) is 3.85. The SMILES string of the molecule is COc1ccc(C)c2c1N(C(=O)CSc1ccc3c(c1)OCCO3)CCC2. The topological polar surface area (TPSA) is 48.0 Å². The van der Waals surface area contributed by atoms with Gasteiger partial charge in [-0.3, -0.25) is 4.79 Å². The lowest BCUT2D eigenvalue weighted by molar-refractivity contribution is -0.116. The molecule has 0 saturated heterocycles. The Morgan fingerprint density at radius 3 is 2.81 bits per heavy atom. The molecule has 2 heterocycles. The van der Waals surface area contributed by atoms with Gasteiger partial charge in [-0.1, -0.05) is 6.07 Å². The van der Waals surface area contributed by atoms with Crippen LogP contribution in [0.15, 0.2) is 35.2 Å². The van der Waals surface area contributed by atoms with Crippen molar-refractivity contribution in [1.82, 2.24) is 0 Å². The van der Waals surface area contributed by atoms with E-state index < -0.39 is 0 Å². The van der Waals surface area contributed by atoms with Crippen LogP contribution in [0.2, 0.25) is 0 Å². The number of benzene rings is 2. The summed E-state index contributed by atoms with van der Waals surface area (Å²) in [5.74, 6) is 2.75. The molecule has 0 unspecified atom stereocenters. The van der Waals surface area contributed by atoms with E-state index in [-0.39, 0.29) is 5.91 Å². The minimum absolute atomic E-state index is 0.0970. The summed E-state index contributed by atoms with van der Waals surface area (Å²) in [5.41, 5.74) is 3.37. The van der Waals surface area contributed by atoms with Gasteiger partial charge in [-0.15, -0.1) is 11.8 Å². The van der Waals surface area contributed by atoms with Gasteiger partial charge in [0.05, 0.1) is 18.6 Å². The molecule has 142 valence electrons. The normalized spacial score (nSPS) is 15.3. The number of ether oxygens (including phenoxy) is 3. The van der Waals surface area contributed by atoms with Crippen LogP contribution in [0, 0.1) is 6.92 Å². The average Bonchev–Trinajstić information content (AvgIpc) is 2.72. The van der Waals surface area contributed by atoms with Crippen molar-refractivity contribution in [3.63, 3.8) is 0 Å². The zero-order chi connectivity index (χ0) is 18.8. The van der Waals surface area contributed by atoms with E-state index in [2.05, 4.69) is 13.0 Å². The first-order valence-corrected chi connectivity index (χ1v) is 10.1. The van der Waals surface area contributed by atoms with Crippen molar-refractivity contribution in [2.45, 2.75) is 24.7 Å². The number of nitrogens with zero attached hydrogens (tertiary/aromatic N) is 1. The molecule has 0 spiro atoms. The lowest BCUT2D eigenvalue weighted by atomic mass is 9.96. The molecule has 2 aliphatic heterocycles. The van der Waals surface area contributed by atoms with Crippen LogP contribution in [0.1, 0.15) is 17.5 Å². The van der Waals surface area contributed by atoms with Gasteiger partial charge in [0, 0.05) is 11.4 Å². The molecule has 0 N–H and O–H groups in total. The summed E-state index contributed by atoms with van der Waals surface area (Å²) in [6.45, 7) is 3.96. The van der Waals surface area contributed by atoms with Gasteiger partial charge in [-0.2, -0.15) is 0 Å². The molecule has 4 rings (SSSR count). The Kier molecular flexibility index (Phi) is 5.16. The highest BCUT2D eigenvalue weighted by Gasteiger charge is 2.27. The third-order valence-electron chi connectivity index (χ3n) is 4.96. The number of aryl methyl sites for hydroxylation is 1. The number of carbonyl (C=O) groups is 1. The third kappa shape index (κ3) is 3.58. The van der Waals surface area contributed by atoms with E-state index in [1.54, 1.807) is 7.11 Å². The van der Waals surface area contributed by atoms with Crippen molar-refractivity contribution in [2.24, 2.45) is 0 Å². The van der Waals surface area contributed by atoms with Crippen molar-refractivity contribution in [2.75, 3.05) is 37.5 Å². The number of methoxy groups -OCH3 is 1. The Hall–Kier alpha value is -2.34. The Balaban J connectivity index is 1.51. The maximum absolute atomic E-state index is 13.0. The van der Waals surface area contributed by atoms with Crippen LogP contribution < -0.4 is 19.1 Å². The summed E-state index contributed by atoms with van der Waals surface area (Å²) in [7, 11) is 1.66. The second-order valence-corrected chi connectivity index (χ2v) is 7.70. The van der Waals surface area contributed by atoms with Crippen molar-refractivity contribution >= 4 is 23.4 Å². The fourth-order valence-corrected chi connectivity index (χ4v) is 4.40. The number of carbonyl (C=O) groups excluding carboxylic acids is 1. The smallest absolute Gasteiger partial charge is 0.237 e. The summed E-state index contributed by atoms with van der Waals surface area (Å²) in [5, 5.41) is 0. The maximum Gasteiger partial charge on any atom is 0.237 e. The fourth-order valence-electron chi connectivity index (χ4n) is 3.60. The standard InChI is InChI=1S/C21H23NO4S/c1-14-5-7-18(24-2)21-16(14)4-3-9-22(21)20(23)13-27-15-6-8-17-19(12-15)26-11-10-25-17/h5-8,12H,3-4,9-11,13H2,1-2H3. The molecule has 0 aliphatic carbocycles. The molecule has 1 amide bonds. The first-order valence-electron chi connectivity index (χ1n) is 9.16. The van der Waals surface area contributed by atoms with Crippen molar-refractivity contribution < 1.29 is 19.0 Å². The first-order chi connectivity index (χ1) is 13.2. The molecular formula is C21H23NO4S. The van der Waals surface area contributed by atoms with Gasteiger partial charge in [-0.25, -0.2) is 0 Å². The number of hydrogen-bond acceptors (Lipinski definition) is 5. The van der Waals surface area contributed by atoms with E-state index in [0.29, 0.717) is 19.0 Å². The molecule has 2 aromatic rings. The van der Waals surface area contributed by atoms with E-state index in [4.69, 9.17) is 14.2 Å². The van der Waals surface area contributed by atoms with Crippen LogP contribution in [-0.2, 0) is 11.2 Å². The Labute approximate surface area is 163 Å². The molecular weight excluding hydrogens is 362 g/mol. The van der Waals surface area contributed by atoms with Gasteiger partial charge >= 0.3 is 0 Å². The molecule has 2 aliphatic rings. The second kappa shape index (κ2) is 7.72. The van der Waals surface area contributed by atoms with Gasteiger partial charge in [-0.05, 0) is 55.2 Å². The number of fused-ring (bicyclic) bond motifs is 2. The molecule has 0 atom stereocenters. The quantitative estimate of drug-likeness (QED) is 0.749. The maximum atomic E-state index is 13.0. The number of amides is 1. The van der Waals surface area contributed by atoms with E-state index in [9.17, 15) is 4.79 Å². The van der Waals surface area contributed by atoms with Gasteiger partial charge < -0.3 is 19.1 Å². The van der Waals surface area contributed by atoms with Crippen LogP contribution >= 0.6 is 11.8 Å². The van der Waals surface area contributed by atoms with Gasteiger partial charge in [0.25, 0.3) is 0 Å². The van der Waals surface area contributed by atoms with Crippen molar-refractivity contribution in [1.29, 1.82) is 0 Å². The number of rotatable bonds is 4. The minimum atomic E-state index is 0.0970. The summed E-state index contributed by atoms with van der Waals surface area (Å²) in [4.78, 5) is 15.9. The van der Waals surface area contributed by atoms with E-state index >= 15 is 0 Å². The molecule has 27 heavy (non-hydrogen) atoms. The van der Waals surface area contributed by atoms with E-state index in [1.165, 1.54) is 22.9 Å². The summed E-state index contributed by atoms with van der Waals surface area (Å²) in [6.07, 6.45) is 1.96. The summed E-state index contributed by atoms with van der Waals surface area (Å²) < 4.78 is 16.7. The van der Waals surface area contributed by atoms with Crippen LogP contribution in [0.4, 0.5) is 5.69 Å². The van der Waals surface area contributed by atoms with E-state index in [1.807, 2.05) is 29.2 Å². The lowest BCUT2D eigenvalue weighted by Crippen LogP contribution is -2.37. The van der Waals surface area contributed by atoms with E-state index in [0.717, 1.165) is 47.2 Å². The van der Waals surface area contributed by atoms with Crippen LogP contribution in [0.3, 0.4) is 0 Å². The van der Waals surface area contributed by atoms with Gasteiger partial charge in [0.1, 0.15) is 19.0 Å². The third-order valence-corrected chi connectivity index (χ3v) is 5.93. The van der Waals surface area contributed by atoms with Crippen LogP contribution in [0.25, 0.3) is 0 Å². The molecule has 2 aromatic carbocycles. The fraction of sp³-hybridized carbons (Fsp3) is 0.381. The first kappa shape index (κ1) is 18.0. The lowest BCUT2D eigenvalue weighted by Gasteiger charge is -2.32. The molecule has 0 saturated carbocycles. The van der Waals surface area contributed by atoms with Crippen LogP contribution in [-0.4, -0.2) is 38.5 Å². The number of hydrogen-bond donors (Lipinski definition) is 0. The largest absolute Gasteiger partial charge is 0.495 e. The molecule has 0 radical (unpaired) electrons.